The van der Waals surface area contributed by atoms with Crippen molar-refractivity contribution in [1.82, 2.24) is 0 Å². The van der Waals surface area contributed by atoms with Gasteiger partial charge in [0.25, 0.3) is 0 Å². The first kappa shape index (κ1) is 16.0. The van der Waals surface area contributed by atoms with Crippen LogP contribution in [0.25, 0.3) is 0 Å². The Kier molecular flexibility index (Phi) is 4.88. The first-order valence-corrected chi connectivity index (χ1v) is 10.3. The molecule has 1 fully saturated rings. The van der Waals surface area contributed by atoms with Crippen LogP contribution in [0.3, 0.4) is 0 Å². The second kappa shape index (κ2) is 5.50. The maximum absolute atomic E-state index is 6.63. The Morgan fingerprint density at radius 3 is 2.22 bits per heavy atom. The SMILES string of the molecule is C=C(C)[C@@H]1CC[C@@H](C)[C@@H](O[Si](C)(C)C(C)(C)C)C1. The molecule has 0 aliphatic heterocycles. The summed E-state index contributed by atoms with van der Waals surface area (Å²) in [5.74, 6) is 1.38. The van der Waals surface area contributed by atoms with E-state index in [0.29, 0.717) is 23.0 Å². The van der Waals surface area contributed by atoms with E-state index >= 15 is 0 Å². The van der Waals surface area contributed by atoms with Crippen LogP contribution in [0.1, 0.15) is 53.9 Å². The normalized spacial score (nSPS) is 30.3. The summed E-state index contributed by atoms with van der Waals surface area (Å²) in [6.07, 6.45) is 4.22. The average molecular weight is 269 g/mol. The standard InChI is InChI=1S/C16H32OSi/c1-12(2)14-10-9-13(3)15(11-14)17-18(7,8)16(4,5)6/h13-15H,1,9-11H2,2-8H3/t13-,14-,15+/m1/s1. The van der Waals surface area contributed by atoms with E-state index in [2.05, 4.69) is 54.3 Å². The lowest BCUT2D eigenvalue weighted by molar-refractivity contribution is 0.0705. The quantitative estimate of drug-likeness (QED) is 0.492. The molecule has 0 saturated heterocycles. The first-order chi connectivity index (χ1) is 8.04. The third-order valence-corrected chi connectivity index (χ3v) is 9.58. The molecule has 0 N–H and O–H groups in total. The van der Waals surface area contributed by atoms with Crippen molar-refractivity contribution in [3.63, 3.8) is 0 Å². The molecule has 0 amide bonds. The smallest absolute Gasteiger partial charge is 0.192 e. The van der Waals surface area contributed by atoms with Crippen LogP contribution < -0.4 is 0 Å². The van der Waals surface area contributed by atoms with Crippen molar-refractivity contribution in [3.8, 4) is 0 Å². The van der Waals surface area contributed by atoms with Crippen molar-refractivity contribution < 1.29 is 4.43 Å². The minimum atomic E-state index is -1.63. The van der Waals surface area contributed by atoms with Gasteiger partial charge in [0.1, 0.15) is 0 Å². The van der Waals surface area contributed by atoms with E-state index in [1.165, 1.54) is 24.8 Å². The molecule has 18 heavy (non-hydrogen) atoms. The van der Waals surface area contributed by atoms with Crippen molar-refractivity contribution in [2.24, 2.45) is 11.8 Å². The van der Waals surface area contributed by atoms with Gasteiger partial charge in [-0.15, -0.1) is 0 Å². The molecule has 1 saturated carbocycles. The lowest BCUT2D eigenvalue weighted by atomic mass is 9.78. The lowest BCUT2D eigenvalue weighted by Crippen LogP contribution is -2.47. The van der Waals surface area contributed by atoms with Gasteiger partial charge in [0.15, 0.2) is 8.32 Å². The summed E-state index contributed by atoms with van der Waals surface area (Å²) in [4.78, 5) is 0. The predicted octanol–water partition coefficient (Wildman–Crippen LogP) is 5.39. The molecule has 106 valence electrons. The topological polar surface area (TPSA) is 9.23 Å². The van der Waals surface area contributed by atoms with Gasteiger partial charge in [-0.05, 0) is 56.2 Å². The van der Waals surface area contributed by atoms with Gasteiger partial charge in [-0.25, -0.2) is 0 Å². The Labute approximate surface area is 115 Å². The fourth-order valence-electron chi connectivity index (χ4n) is 2.45. The lowest BCUT2D eigenvalue weighted by Gasteiger charge is -2.44. The van der Waals surface area contributed by atoms with Crippen LogP contribution in [-0.4, -0.2) is 14.4 Å². The number of hydrogen-bond acceptors (Lipinski definition) is 1. The van der Waals surface area contributed by atoms with Gasteiger partial charge in [0.05, 0.1) is 0 Å². The Bertz CT molecular complexity index is 301. The van der Waals surface area contributed by atoms with Crippen LogP contribution in [-0.2, 0) is 4.43 Å². The van der Waals surface area contributed by atoms with Crippen molar-refractivity contribution >= 4 is 8.32 Å². The molecule has 0 heterocycles. The maximum Gasteiger partial charge on any atom is 0.192 e. The molecule has 0 aromatic rings. The average Bonchev–Trinajstić information content (AvgIpc) is 2.18. The molecule has 0 aromatic heterocycles. The fraction of sp³-hybridized carbons (Fsp3) is 0.875. The number of allylic oxidation sites excluding steroid dienone is 1. The zero-order valence-electron chi connectivity index (χ0n) is 13.5. The highest BCUT2D eigenvalue weighted by molar-refractivity contribution is 6.74. The third-order valence-electron chi connectivity index (χ3n) is 5.07. The summed E-state index contributed by atoms with van der Waals surface area (Å²) < 4.78 is 6.63. The van der Waals surface area contributed by atoms with Crippen LogP contribution in [0.2, 0.25) is 18.1 Å². The van der Waals surface area contributed by atoms with Crippen LogP contribution in [0, 0.1) is 11.8 Å². The van der Waals surface area contributed by atoms with Crippen LogP contribution >= 0.6 is 0 Å². The van der Waals surface area contributed by atoms with E-state index in [0.717, 1.165) is 0 Å². The minimum Gasteiger partial charge on any atom is -0.414 e. The molecular formula is C16H32OSi. The molecule has 3 atom stereocenters. The summed E-state index contributed by atoms with van der Waals surface area (Å²) in [6.45, 7) is 20.4. The van der Waals surface area contributed by atoms with E-state index in [1.54, 1.807) is 0 Å². The van der Waals surface area contributed by atoms with E-state index in [-0.39, 0.29) is 0 Å². The van der Waals surface area contributed by atoms with E-state index in [9.17, 15) is 0 Å². The van der Waals surface area contributed by atoms with Crippen molar-refractivity contribution in [1.29, 1.82) is 0 Å². The summed E-state index contributed by atoms with van der Waals surface area (Å²) in [6, 6.07) is 0. The van der Waals surface area contributed by atoms with Crippen molar-refractivity contribution in [3.05, 3.63) is 12.2 Å². The zero-order valence-corrected chi connectivity index (χ0v) is 14.5. The molecule has 0 unspecified atom stereocenters. The second-order valence-corrected chi connectivity index (χ2v) is 12.5. The van der Waals surface area contributed by atoms with Gasteiger partial charge in [0.2, 0.25) is 0 Å². The molecule has 1 nitrogen and oxygen atoms in total. The zero-order chi connectivity index (χ0) is 14.1. The Morgan fingerprint density at radius 2 is 1.78 bits per heavy atom. The van der Waals surface area contributed by atoms with Crippen LogP contribution in [0.15, 0.2) is 12.2 Å². The molecular weight excluding hydrogens is 236 g/mol. The van der Waals surface area contributed by atoms with Gasteiger partial charge in [-0.1, -0.05) is 39.8 Å². The van der Waals surface area contributed by atoms with Gasteiger partial charge < -0.3 is 4.43 Å². The Morgan fingerprint density at radius 1 is 1.22 bits per heavy atom. The molecule has 0 aromatic carbocycles. The van der Waals surface area contributed by atoms with E-state index < -0.39 is 8.32 Å². The second-order valence-electron chi connectivity index (χ2n) is 7.75. The highest BCUT2D eigenvalue weighted by Gasteiger charge is 2.41. The molecule has 2 heteroatoms. The highest BCUT2D eigenvalue weighted by Crippen LogP contribution is 2.42. The van der Waals surface area contributed by atoms with Gasteiger partial charge in [-0.2, -0.15) is 0 Å². The molecule has 1 aliphatic carbocycles. The summed E-state index contributed by atoms with van der Waals surface area (Å²) in [7, 11) is -1.63. The molecule has 1 rings (SSSR count). The number of hydrogen-bond donors (Lipinski definition) is 0. The Hall–Kier alpha value is -0.0831. The van der Waals surface area contributed by atoms with Crippen LogP contribution in [0.5, 0.6) is 0 Å². The van der Waals surface area contributed by atoms with E-state index in [1.807, 2.05) is 0 Å². The molecule has 0 spiro atoms. The van der Waals surface area contributed by atoms with Crippen LogP contribution in [0.4, 0.5) is 0 Å². The first-order valence-electron chi connectivity index (χ1n) is 7.38. The fourth-order valence-corrected chi connectivity index (χ4v) is 3.89. The largest absolute Gasteiger partial charge is 0.414 e. The minimum absolute atomic E-state index is 0.308. The molecule has 1 aliphatic rings. The maximum atomic E-state index is 6.63. The number of rotatable bonds is 3. The van der Waals surface area contributed by atoms with Crippen molar-refractivity contribution in [2.45, 2.75) is 78.1 Å². The van der Waals surface area contributed by atoms with Gasteiger partial charge in [-0.3, -0.25) is 0 Å². The molecule has 0 bridgehead atoms. The molecule has 0 radical (unpaired) electrons. The predicted molar refractivity (Wildman–Crippen MR) is 83.4 cm³/mol. The third kappa shape index (κ3) is 3.71. The van der Waals surface area contributed by atoms with E-state index in [4.69, 9.17) is 4.43 Å². The summed E-state index contributed by atoms with van der Waals surface area (Å²) >= 11 is 0. The van der Waals surface area contributed by atoms with Gasteiger partial charge in [0, 0.05) is 6.10 Å². The Balaban J connectivity index is 2.73. The van der Waals surface area contributed by atoms with Gasteiger partial charge >= 0.3 is 0 Å². The monoisotopic (exact) mass is 268 g/mol. The summed E-state index contributed by atoms with van der Waals surface area (Å²) in [5.41, 5.74) is 1.34. The summed E-state index contributed by atoms with van der Waals surface area (Å²) in [5, 5.41) is 0.308. The van der Waals surface area contributed by atoms with Crippen molar-refractivity contribution in [2.75, 3.05) is 0 Å². The highest BCUT2D eigenvalue weighted by atomic mass is 28.4.